The fourth-order valence-electron chi connectivity index (χ4n) is 3.66. The zero-order valence-corrected chi connectivity index (χ0v) is 15.6. The van der Waals surface area contributed by atoms with E-state index in [1.807, 2.05) is 55.3 Å². The highest BCUT2D eigenvalue weighted by atomic mass is 16.3. The molecule has 3 rings (SSSR count). The molecule has 138 valence electrons. The summed E-state index contributed by atoms with van der Waals surface area (Å²) in [6.45, 7) is 4.21. The van der Waals surface area contributed by atoms with Gasteiger partial charge in [0.05, 0.1) is 5.69 Å². The topological polar surface area (TPSA) is 56.7 Å². The number of pyridine rings is 1. The molecular weight excluding hydrogens is 326 g/mol. The van der Waals surface area contributed by atoms with Crippen LogP contribution in [-0.4, -0.2) is 51.5 Å². The van der Waals surface area contributed by atoms with Crippen LogP contribution in [0.4, 0.5) is 0 Å². The largest absolute Gasteiger partial charge is 0.379 e. The van der Waals surface area contributed by atoms with Gasteiger partial charge in [0.25, 0.3) is 5.91 Å². The molecule has 26 heavy (non-hydrogen) atoms. The van der Waals surface area contributed by atoms with Gasteiger partial charge in [0, 0.05) is 32.4 Å². The highest BCUT2D eigenvalue weighted by Crippen LogP contribution is 2.25. The number of aryl methyl sites for hydroxylation is 1. The highest BCUT2D eigenvalue weighted by molar-refractivity contribution is 5.86. The van der Waals surface area contributed by atoms with Gasteiger partial charge in [-0.2, -0.15) is 0 Å². The fourth-order valence-corrected chi connectivity index (χ4v) is 3.66. The summed E-state index contributed by atoms with van der Waals surface area (Å²) >= 11 is 0. The number of rotatable bonds is 6. The van der Waals surface area contributed by atoms with Crippen LogP contribution in [0, 0.1) is 6.92 Å². The molecule has 1 saturated heterocycles. The van der Waals surface area contributed by atoms with Crippen molar-refractivity contribution in [3.63, 3.8) is 0 Å². The maximum Gasteiger partial charge on any atom is 0.256 e. The van der Waals surface area contributed by atoms with Gasteiger partial charge in [0.1, 0.15) is 0 Å². The van der Waals surface area contributed by atoms with Gasteiger partial charge >= 0.3 is 0 Å². The molecule has 2 aromatic rings. The third kappa shape index (κ3) is 4.48. The van der Waals surface area contributed by atoms with Gasteiger partial charge in [-0.1, -0.05) is 35.9 Å². The fraction of sp³-hybridized carbons (Fsp3) is 0.429. The number of piperidine rings is 1. The third-order valence-electron chi connectivity index (χ3n) is 4.85. The number of aromatic nitrogens is 1. The van der Waals surface area contributed by atoms with E-state index in [-0.39, 0.29) is 5.91 Å². The van der Waals surface area contributed by atoms with Crippen molar-refractivity contribution in [3.8, 4) is 0 Å². The van der Waals surface area contributed by atoms with Gasteiger partial charge < -0.3 is 10.0 Å². The van der Waals surface area contributed by atoms with Crippen LogP contribution in [0.1, 0.15) is 29.7 Å². The van der Waals surface area contributed by atoms with Crippen molar-refractivity contribution in [3.05, 3.63) is 65.5 Å². The summed E-state index contributed by atoms with van der Waals surface area (Å²) in [5, 5.41) is 11.0. The smallest absolute Gasteiger partial charge is 0.256 e. The van der Waals surface area contributed by atoms with E-state index < -0.39 is 5.60 Å². The minimum absolute atomic E-state index is 0.168. The number of benzene rings is 1. The number of hydrogen-bond donors (Lipinski definition) is 1. The van der Waals surface area contributed by atoms with Gasteiger partial charge in [-0.3, -0.25) is 14.7 Å². The van der Waals surface area contributed by atoms with Crippen LogP contribution < -0.4 is 0 Å². The number of likely N-dealkylation sites (tertiary alicyclic amines) is 1. The molecule has 1 aliphatic rings. The Morgan fingerprint density at radius 1 is 1.27 bits per heavy atom. The van der Waals surface area contributed by atoms with Gasteiger partial charge in [-0.15, -0.1) is 0 Å². The molecule has 1 aromatic carbocycles. The summed E-state index contributed by atoms with van der Waals surface area (Å²) in [7, 11) is 1.92. The Morgan fingerprint density at radius 3 is 2.85 bits per heavy atom. The molecule has 2 heterocycles. The second-order valence-electron chi connectivity index (χ2n) is 7.34. The zero-order valence-electron chi connectivity index (χ0n) is 15.6. The van der Waals surface area contributed by atoms with Crippen molar-refractivity contribution in [1.82, 2.24) is 14.8 Å². The quantitative estimate of drug-likeness (QED) is 0.866. The second-order valence-corrected chi connectivity index (χ2v) is 7.34. The van der Waals surface area contributed by atoms with Crippen LogP contribution in [0.2, 0.25) is 0 Å². The molecule has 1 aromatic heterocycles. The Balaban J connectivity index is 1.65. The van der Waals surface area contributed by atoms with Gasteiger partial charge in [0.2, 0.25) is 0 Å². The molecule has 1 atom stereocenters. The molecule has 0 aliphatic carbocycles. The first-order valence-corrected chi connectivity index (χ1v) is 9.12. The van der Waals surface area contributed by atoms with Crippen LogP contribution in [0.5, 0.6) is 0 Å². The number of amides is 1. The standard InChI is InChI=1S/C21H27N3O2/c1-17-7-5-8-18(13-17)14-24-12-6-10-21(26,20(24)25)16-23(2)15-19-9-3-4-11-22-19/h3-5,7-9,11,13,26H,6,10,12,14-16H2,1-2H3. The average molecular weight is 353 g/mol. The van der Waals surface area contributed by atoms with E-state index in [9.17, 15) is 9.90 Å². The average Bonchev–Trinajstić information content (AvgIpc) is 2.60. The lowest BCUT2D eigenvalue weighted by Gasteiger charge is -2.40. The van der Waals surface area contributed by atoms with Crippen molar-refractivity contribution in [1.29, 1.82) is 0 Å². The van der Waals surface area contributed by atoms with E-state index in [4.69, 9.17) is 0 Å². The van der Waals surface area contributed by atoms with Crippen molar-refractivity contribution in [2.45, 2.75) is 38.5 Å². The number of nitrogens with zero attached hydrogens (tertiary/aromatic N) is 3. The Hall–Kier alpha value is -2.24. The lowest BCUT2D eigenvalue weighted by molar-refractivity contribution is -0.160. The molecule has 0 spiro atoms. The number of carbonyl (C=O) groups is 1. The summed E-state index contributed by atoms with van der Waals surface area (Å²) in [5.74, 6) is -0.168. The summed E-state index contributed by atoms with van der Waals surface area (Å²) in [6.07, 6.45) is 3.07. The first-order chi connectivity index (χ1) is 12.5. The van der Waals surface area contributed by atoms with Gasteiger partial charge in [0.15, 0.2) is 5.60 Å². The number of carbonyl (C=O) groups excluding carboxylic acids is 1. The van der Waals surface area contributed by atoms with Crippen LogP contribution >= 0.6 is 0 Å². The maximum absolute atomic E-state index is 13.0. The van der Waals surface area contributed by atoms with Crippen LogP contribution in [0.3, 0.4) is 0 Å². The lowest BCUT2D eigenvalue weighted by atomic mass is 9.90. The molecule has 0 saturated carbocycles. The van der Waals surface area contributed by atoms with E-state index in [0.29, 0.717) is 32.6 Å². The number of likely N-dealkylation sites (N-methyl/N-ethyl adjacent to an activating group) is 1. The third-order valence-corrected chi connectivity index (χ3v) is 4.85. The molecule has 1 aliphatic heterocycles. The first kappa shape index (κ1) is 18.5. The molecule has 1 fully saturated rings. The summed E-state index contributed by atoms with van der Waals surface area (Å²) < 4.78 is 0. The Labute approximate surface area is 155 Å². The number of hydrogen-bond acceptors (Lipinski definition) is 4. The Kier molecular flexibility index (Phi) is 5.69. The predicted octanol–water partition coefficient (Wildman–Crippen LogP) is 2.38. The zero-order chi connectivity index (χ0) is 18.6. The second kappa shape index (κ2) is 7.98. The number of aliphatic hydroxyl groups is 1. The van der Waals surface area contributed by atoms with Crippen molar-refractivity contribution >= 4 is 5.91 Å². The van der Waals surface area contributed by atoms with Crippen LogP contribution in [0.25, 0.3) is 0 Å². The van der Waals surface area contributed by atoms with Crippen molar-refractivity contribution in [2.75, 3.05) is 20.1 Å². The minimum Gasteiger partial charge on any atom is -0.379 e. The molecule has 0 bridgehead atoms. The van der Waals surface area contributed by atoms with Gasteiger partial charge in [-0.05, 0) is 44.5 Å². The minimum atomic E-state index is -1.33. The molecule has 1 amide bonds. The van der Waals surface area contributed by atoms with Crippen molar-refractivity contribution in [2.24, 2.45) is 0 Å². The molecule has 5 heteroatoms. The molecule has 1 unspecified atom stereocenters. The normalized spacial score (nSPS) is 20.6. The van der Waals surface area contributed by atoms with E-state index in [1.165, 1.54) is 5.56 Å². The molecule has 5 nitrogen and oxygen atoms in total. The monoisotopic (exact) mass is 353 g/mol. The highest BCUT2D eigenvalue weighted by Gasteiger charge is 2.42. The summed E-state index contributed by atoms with van der Waals surface area (Å²) in [5.41, 5.74) is 1.88. The van der Waals surface area contributed by atoms with E-state index >= 15 is 0 Å². The lowest BCUT2D eigenvalue weighted by Crippen LogP contribution is -2.57. The van der Waals surface area contributed by atoms with Crippen LogP contribution in [0.15, 0.2) is 48.7 Å². The van der Waals surface area contributed by atoms with Gasteiger partial charge in [-0.25, -0.2) is 0 Å². The SMILES string of the molecule is Cc1cccc(CN2CCCC(O)(CN(C)Cc3ccccn3)C2=O)c1. The van der Waals surface area contributed by atoms with Crippen molar-refractivity contribution < 1.29 is 9.90 Å². The van der Waals surface area contributed by atoms with Crippen LogP contribution in [-0.2, 0) is 17.9 Å². The van der Waals surface area contributed by atoms with E-state index in [1.54, 1.807) is 11.1 Å². The van der Waals surface area contributed by atoms with E-state index in [0.717, 1.165) is 17.7 Å². The summed E-state index contributed by atoms with van der Waals surface area (Å²) in [4.78, 5) is 21.0. The maximum atomic E-state index is 13.0. The Bertz CT molecular complexity index is 750. The molecule has 0 radical (unpaired) electrons. The Morgan fingerprint density at radius 2 is 2.12 bits per heavy atom. The first-order valence-electron chi connectivity index (χ1n) is 9.12. The van der Waals surface area contributed by atoms with E-state index in [2.05, 4.69) is 11.1 Å². The predicted molar refractivity (Wildman–Crippen MR) is 101 cm³/mol. The molecule has 1 N–H and O–H groups in total. The summed E-state index contributed by atoms with van der Waals surface area (Å²) in [6, 6.07) is 13.9. The molecular formula is C21H27N3O2.